The Hall–Kier alpha value is -2.75. The van der Waals surface area contributed by atoms with Crippen molar-refractivity contribution >= 4 is 23.4 Å². The van der Waals surface area contributed by atoms with Crippen LogP contribution in [0.5, 0.6) is 5.75 Å². The fraction of sp³-hybridized carbons (Fsp3) is 0.375. The van der Waals surface area contributed by atoms with E-state index in [2.05, 4.69) is 29.3 Å². The summed E-state index contributed by atoms with van der Waals surface area (Å²) < 4.78 is 5.65. The van der Waals surface area contributed by atoms with E-state index in [0.29, 0.717) is 0 Å². The number of ether oxygens (including phenoxy) is 1. The number of amides is 1. The molecule has 2 aromatic carbocycles. The van der Waals surface area contributed by atoms with Gasteiger partial charge in [-0.2, -0.15) is 0 Å². The first kappa shape index (κ1) is 20.0. The molecule has 4 heteroatoms. The lowest BCUT2D eigenvalue weighted by Crippen LogP contribution is -2.29. The zero-order valence-electron chi connectivity index (χ0n) is 16.7. The number of piperidine rings is 1. The number of nitrogens with one attached hydrogen (secondary N) is 1. The number of hydrogen-bond donors (Lipinski definition) is 1. The summed E-state index contributed by atoms with van der Waals surface area (Å²) in [7, 11) is 0. The van der Waals surface area contributed by atoms with Crippen molar-refractivity contribution in [3.8, 4) is 5.75 Å². The van der Waals surface area contributed by atoms with Crippen molar-refractivity contribution in [2.45, 2.75) is 39.0 Å². The largest absolute Gasteiger partial charge is 0.494 e. The van der Waals surface area contributed by atoms with E-state index in [4.69, 9.17) is 4.74 Å². The highest BCUT2D eigenvalue weighted by molar-refractivity contribution is 6.02. The van der Waals surface area contributed by atoms with Crippen LogP contribution in [-0.4, -0.2) is 25.6 Å². The molecule has 1 aliphatic rings. The highest BCUT2D eigenvalue weighted by atomic mass is 16.5. The fourth-order valence-electron chi connectivity index (χ4n) is 3.27. The Kier molecular flexibility index (Phi) is 7.53. The molecule has 1 N–H and O–H groups in total. The maximum Gasteiger partial charge on any atom is 0.248 e. The second-order valence-electron chi connectivity index (χ2n) is 7.19. The molecule has 1 amide bonds. The number of carbonyl (C=O) groups excluding carboxylic acids is 1. The van der Waals surface area contributed by atoms with Crippen LogP contribution in [0.15, 0.2) is 54.6 Å². The van der Waals surface area contributed by atoms with Crippen molar-refractivity contribution in [1.29, 1.82) is 0 Å². The summed E-state index contributed by atoms with van der Waals surface area (Å²) in [5, 5.41) is 2.92. The molecule has 4 nitrogen and oxygen atoms in total. The third-order valence-electron chi connectivity index (χ3n) is 4.93. The van der Waals surface area contributed by atoms with Crippen LogP contribution in [0.2, 0.25) is 0 Å². The Morgan fingerprint density at radius 2 is 1.75 bits per heavy atom. The number of benzene rings is 2. The first-order valence-electron chi connectivity index (χ1n) is 10.3. The highest BCUT2D eigenvalue weighted by Crippen LogP contribution is 2.22. The van der Waals surface area contributed by atoms with Crippen molar-refractivity contribution in [3.05, 3.63) is 60.2 Å². The standard InChI is InChI=1S/C24H30N2O2/c1-2-3-19-28-23-14-7-20(8-15-23)9-16-24(27)25-21-10-12-22(13-11-21)26-17-5-4-6-18-26/h7-16H,2-6,17-19H2,1H3,(H,25,27). The van der Waals surface area contributed by atoms with Crippen molar-refractivity contribution in [2.24, 2.45) is 0 Å². The summed E-state index contributed by atoms with van der Waals surface area (Å²) in [6.45, 7) is 5.13. The second kappa shape index (κ2) is 10.5. The van der Waals surface area contributed by atoms with Gasteiger partial charge in [0.05, 0.1) is 6.61 Å². The summed E-state index contributed by atoms with van der Waals surface area (Å²) in [4.78, 5) is 14.6. The molecule has 0 saturated carbocycles. The van der Waals surface area contributed by atoms with Crippen LogP contribution < -0.4 is 15.0 Å². The van der Waals surface area contributed by atoms with E-state index in [1.807, 2.05) is 42.5 Å². The van der Waals surface area contributed by atoms with Gasteiger partial charge in [-0.25, -0.2) is 0 Å². The molecule has 0 bridgehead atoms. The molecule has 1 aliphatic heterocycles. The van der Waals surface area contributed by atoms with Gasteiger partial charge in [0.2, 0.25) is 5.91 Å². The Bertz CT molecular complexity index is 760. The van der Waals surface area contributed by atoms with Gasteiger partial charge in [-0.15, -0.1) is 0 Å². The van der Waals surface area contributed by atoms with Crippen LogP contribution in [0.25, 0.3) is 6.08 Å². The Morgan fingerprint density at radius 3 is 2.43 bits per heavy atom. The average molecular weight is 379 g/mol. The molecule has 1 fully saturated rings. The molecular formula is C24H30N2O2. The van der Waals surface area contributed by atoms with Crippen LogP contribution >= 0.6 is 0 Å². The van der Waals surface area contributed by atoms with Crippen LogP contribution in [0.4, 0.5) is 11.4 Å². The third kappa shape index (κ3) is 6.15. The van der Waals surface area contributed by atoms with Gasteiger partial charge in [0.15, 0.2) is 0 Å². The monoisotopic (exact) mass is 378 g/mol. The Morgan fingerprint density at radius 1 is 1.04 bits per heavy atom. The van der Waals surface area contributed by atoms with Crippen molar-refractivity contribution in [1.82, 2.24) is 0 Å². The molecule has 28 heavy (non-hydrogen) atoms. The molecule has 0 spiro atoms. The van der Waals surface area contributed by atoms with Gasteiger partial charge in [0.1, 0.15) is 5.75 Å². The minimum atomic E-state index is -0.131. The van der Waals surface area contributed by atoms with Gasteiger partial charge in [-0.1, -0.05) is 25.5 Å². The number of carbonyl (C=O) groups is 1. The first-order valence-corrected chi connectivity index (χ1v) is 10.3. The average Bonchev–Trinajstić information content (AvgIpc) is 2.74. The first-order chi connectivity index (χ1) is 13.7. The molecular weight excluding hydrogens is 348 g/mol. The summed E-state index contributed by atoms with van der Waals surface area (Å²) in [5.41, 5.74) is 3.02. The summed E-state index contributed by atoms with van der Waals surface area (Å²) >= 11 is 0. The quantitative estimate of drug-likeness (QED) is 0.486. The Balaban J connectivity index is 1.49. The van der Waals surface area contributed by atoms with E-state index in [-0.39, 0.29) is 5.91 Å². The topological polar surface area (TPSA) is 41.6 Å². The zero-order chi connectivity index (χ0) is 19.6. The number of anilines is 2. The predicted octanol–water partition coefficient (Wildman–Crippen LogP) is 5.51. The molecule has 2 aromatic rings. The van der Waals surface area contributed by atoms with Crippen LogP contribution in [-0.2, 0) is 4.79 Å². The molecule has 0 radical (unpaired) electrons. The lowest BCUT2D eigenvalue weighted by Gasteiger charge is -2.28. The molecule has 1 saturated heterocycles. The molecule has 3 rings (SSSR count). The minimum Gasteiger partial charge on any atom is -0.494 e. The molecule has 0 unspecified atom stereocenters. The maximum absolute atomic E-state index is 12.2. The second-order valence-corrected chi connectivity index (χ2v) is 7.19. The van der Waals surface area contributed by atoms with Gasteiger partial charge in [-0.3, -0.25) is 4.79 Å². The number of nitrogens with zero attached hydrogens (tertiary/aromatic N) is 1. The summed E-state index contributed by atoms with van der Waals surface area (Å²) in [6, 6.07) is 15.9. The van der Waals surface area contributed by atoms with Crippen LogP contribution in [0, 0.1) is 0 Å². The molecule has 1 heterocycles. The van der Waals surface area contributed by atoms with Gasteiger partial charge < -0.3 is 15.0 Å². The van der Waals surface area contributed by atoms with Gasteiger partial charge >= 0.3 is 0 Å². The van der Waals surface area contributed by atoms with E-state index in [1.54, 1.807) is 6.08 Å². The number of unbranched alkanes of at least 4 members (excludes halogenated alkanes) is 1. The summed E-state index contributed by atoms with van der Waals surface area (Å²) in [5.74, 6) is 0.734. The zero-order valence-corrected chi connectivity index (χ0v) is 16.7. The number of rotatable bonds is 8. The van der Waals surface area contributed by atoms with Crippen molar-refractivity contribution < 1.29 is 9.53 Å². The third-order valence-corrected chi connectivity index (χ3v) is 4.93. The van der Waals surface area contributed by atoms with Gasteiger partial charge in [-0.05, 0) is 73.7 Å². The van der Waals surface area contributed by atoms with E-state index >= 15 is 0 Å². The lowest BCUT2D eigenvalue weighted by molar-refractivity contribution is -0.111. The lowest BCUT2D eigenvalue weighted by atomic mass is 10.1. The maximum atomic E-state index is 12.2. The molecule has 0 aliphatic carbocycles. The van der Waals surface area contributed by atoms with Gasteiger partial charge in [0, 0.05) is 30.5 Å². The minimum absolute atomic E-state index is 0.131. The van der Waals surface area contributed by atoms with E-state index in [9.17, 15) is 4.79 Å². The normalized spacial score (nSPS) is 14.2. The molecule has 0 atom stereocenters. The SMILES string of the molecule is CCCCOc1ccc(C=CC(=O)Nc2ccc(N3CCCCC3)cc2)cc1. The summed E-state index contributed by atoms with van der Waals surface area (Å²) in [6.07, 6.45) is 9.40. The van der Waals surface area contributed by atoms with E-state index in [0.717, 1.165) is 49.5 Å². The highest BCUT2D eigenvalue weighted by Gasteiger charge is 2.10. The smallest absolute Gasteiger partial charge is 0.248 e. The van der Waals surface area contributed by atoms with Gasteiger partial charge in [0.25, 0.3) is 0 Å². The van der Waals surface area contributed by atoms with Crippen LogP contribution in [0.3, 0.4) is 0 Å². The predicted molar refractivity (Wildman–Crippen MR) is 117 cm³/mol. The van der Waals surface area contributed by atoms with E-state index < -0.39 is 0 Å². The fourth-order valence-corrected chi connectivity index (χ4v) is 3.27. The van der Waals surface area contributed by atoms with Crippen molar-refractivity contribution in [3.63, 3.8) is 0 Å². The van der Waals surface area contributed by atoms with Crippen LogP contribution in [0.1, 0.15) is 44.6 Å². The Labute approximate surface area is 168 Å². The molecule has 0 aromatic heterocycles. The van der Waals surface area contributed by atoms with E-state index in [1.165, 1.54) is 24.9 Å². The number of hydrogen-bond acceptors (Lipinski definition) is 3. The molecule has 148 valence electrons. The van der Waals surface area contributed by atoms with Crippen molar-refractivity contribution in [2.75, 3.05) is 29.9 Å².